The average Bonchev–Trinajstić information content (AvgIpc) is 3.33. The van der Waals surface area contributed by atoms with Crippen LogP contribution < -0.4 is 9.46 Å². The van der Waals surface area contributed by atoms with Gasteiger partial charge in [-0.3, -0.25) is 19.8 Å². The average molecular weight is 626 g/mol. The fraction of sp³-hybridized carbons (Fsp3) is 0.552. The molecule has 232 valence electrons. The number of nitro benzene ring substituents is 1. The summed E-state index contributed by atoms with van der Waals surface area (Å²) in [4.78, 5) is 25.1. The number of hydrogen-bond acceptors (Lipinski definition) is 9. The highest BCUT2D eigenvalue weighted by Crippen LogP contribution is 2.32. The number of methoxy groups -OCH3 is 1. The van der Waals surface area contributed by atoms with Gasteiger partial charge in [-0.25, -0.2) is 13.1 Å². The van der Waals surface area contributed by atoms with E-state index in [-0.39, 0.29) is 30.4 Å². The molecule has 2 aromatic carbocycles. The molecule has 0 spiro atoms. The molecule has 1 saturated heterocycles. The Morgan fingerprint density at radius 2 is 1.88 bits per heavy atom. The summed E-state index contributed by atoms with van der Waals surface area (Å²) in [5, 5.41) is 12.1. The highest BCUT2D eigenvalue weighted by Gasteiger charge is 2.43. The summed E-state index contributed by atoms with van der Waals surface area (Å²) in [5.74, 6) is -0.219. The van der Waals surface area contributed by atoms with Gasteiger partial charge in [-0.2, -0.15) is 0 Å². The number of rotatable bonds is 16. The molecule has 1 aliphatic rings. The van der Waals surface area contributed by atoms with Crippen molar-refractivity contribution in [2.75, 3.05) is 26.9 Å². The molecule has 0 amide bonds. The Kier molecular flexibility index (Phi) is 12.1. The molecule has 0 aliphatic carbocycles. The van der Waals surface area contributed by atoms with E-state index in [0.717, 1.165) is 11.6 Å². The zero-order valence-electron chi connectivity index (χ0n) is 24.6. The van der Waals surface area contributed by atoms with Gasteiger partial charge in [-0.15, -0.1) is 0 Å². The van der Waals surface area contributed by atoms with Crippen LogP contribution >= 0.6 is 11.6 Å². The first kappa shape index (κ1) is 33.7. The third-order valence-corrected chi connectivity index (χ3v) is 9.11. The number of esters is 1. The van der Waals surface area contributed by atoms with Gasteiger partial charge in [-0.05, 0) is 49.9 Å². The molecule has 11 nitrogen and oxygen atoms in total. The fourth-order valence-corrected chi connectivity index (χ4v) is 6.44. The van der Waals surface area contributed by atoms with Gasteiger partial charge in [0.05, 0.1) is 28.5 Å². The first-order valence-electron chi connectivity index (χ1n) is 13.9. The van der Waals surface area contributed by atoms with Gasteiger partial charge in [0, 0.05) is 45.3 Å². The summed E-state index contributed by atoms with van der Waals surface area (Å²) in [5.41, 5.74) is 0.353. The minimum absolute atomic E-state index is 0.00699. The van der Waals surface area contributed by atoms with Crippen molar-refractivity contribution in [1.82, 2.24) is 9.62 Å². The van der Waals surface area contributed by atoms with E-state index in [9.17, 15) is 23.3 Å². The molecular weight excluding hydrogens is 586 g/mol. The molecule has 0 unspecified atom stereocenters. The quantitative estimate of drug-likeness (QED) is 0.121. The molecule has 1 heterocycles. The van der Waals surface area contributed by atoms with Crippen LogP contribution in [0.5, 0.6) is 5.75 Å². The second-order valence-electron chi connectivity index (χ2n) is 11.0. The maximum absolute atomic E-state index is 13.5. The van der Waals surface area contributed by atoms with Crippen molar-refractivity contribution in [3.05, 3.63) is 63.2 Å². The number of carbonyl (C=O) groups is 1. The summed E-state index contributed by atoms with van der Waals surface area (Å²) in [6.07, 6.45) is 0.273. The van der Waals surface area contributed by atoms with E-state index < -0.39 is 37.7 Å². The van der Waals surface area contributed by atoms with Crippen molar-refractivity contribution in [3.8, 4) is 5.75 Å². The van der Waals surface area contributed by atoms with Crippen LogP contribution in [0.15, 0.2) is 47.4 Å². The molecule has 1 N–H and O–H groups in total. The maximum atomic E-state index is 13.5. The number of ether oxygens (including phenoxy) is 3. The van der Waals surface area contributed by atoms with Crippen LogP contribution in [0.25, 0.3) is 0 Å². The van der Waals surface area contributed by atoms with E-state index in [2.05, 4.69) is 4.72 Å². The van der Waals surface area contributed by atoms with Gasteiger partial charge in [0.2, 0.25) is 10.0 Å². The van der Waals surface area contributed by atoms with Gasteiger partial charge >= 0.3 is 5.97 Å². The van der Waals surface area contributed by atoms with Crippen molar-refractivity contribution >= 4 is 33.3 Å². The number of nitrogens with one attached hydrogen (secondary N) is 1. The maximum Gasteiger partial charge on any atom is 0.309 e. The first-order chi connectivity index (χ1) is 19.8. The van der Waals surface area contributed by atoms with Crippen LogP contribution in [0.2, 0.25) is 5.02 Å². The number of sulfonamides is 1. The van der Waals surface area contributed by atoms with Crippen molar-refractivity contribution in [2.45, 2.75) is 70.2 Å². The van der Waals surface area contributed by atoms with Crippen LogP contribution in [-0.2, 0) is 30.8 Å². The van der Waals surface area contributed by atoms with E-state index in [0.29, 0.717) is 43.4 Å². The zero-order valence-corrected chi connectivity index (χ0v) is 26.2. The third-order valence-electron chi connectivity index (χ3n) is 7.26. The largest absolute Gasteiger partial charge is 0.492 e. The van der Waals surface area contributed by atoms with Gasteiger partial charge in [0.1, 0.15) is 11.9 Å². The summed E-state index contributed by atoms with van der Waals surface area (Å²) in [7, 11) is -2.73. The lowest BCUT2D eigenvalue weighted by Gasteiger charge is -2.33. The molecular formula is C29H40ClN3O8S. The van der Waals surface area contributed by atoms with Crippen LogP contribution in [-0.4, -0.2) is 69.3 Å². The Bertz CT molecular complexity index is 1340. The number of benzene rings is 2. The standard InChI is InChI=1S/C29H40ClN3O8S/c1-19(2)22-16-27(41-29(22)34)24(31-42(37,38)28-10-7-6-9-25(28)33(35)36)18-32(20(3)4)17-21-11-12-23(30)26(15-21)40-14-8-13-39-5/h6-7,9-12,15,19-20,22,24,27,31H,8,13-14,16-18H2,1-5H3/t22-,24-,27-/m0/s1. The number of halogens is 1. The van der Waals surface area contributed by atoms with E-state index in [1.807, 2.05) is 44.7 Å². The molecule has 0 saturated carbocycles. The molecule has 2 aromatic rings. The number of hydrogen-bond donors (Lipinski definition) is 1. The highest BCUT2D eigenvalue weighted by atomic mass is 35.5. The monoisotopic (exact) mass is 625 g/mol. The third kappa shape index (κ3) is 8.87. The van der Waals surface area contributed by atoms with E-state index in [4.69, 9.17) is 25.8 Å². The lowest BCUT2D eigenvalue weighted by atomic mass is 9.91. The minimum Gasteiger partial charge on any atom is -0.492 e. The van der Waals surface area contributed by atoms with Crippen LogP contribution in [0.3, 0.4) is 0 Å². The Morgan fingerprint density at radius 3 is 2.50 bits per heavy atom. The Balaban J connectivity index is 1.90. The normalized spacial score (nSPS) is 18.1. The van der Waals surface area contributed by atoms with Crippen LogP contribution in [0.4, 0.5) is 5.69 Å². The Labute approximate surface area is 252 Å². The van der Waals surface area contributed by atoms with Gasteiger partial charge in [-0.1, -0.05) is 43.6 Å². The number of para-hydroxylation sites is 1. The predicted molar refractivity (Wildman–Crippen MR) is 159 cm³/mol. The number of nitrogens with zero attached hydrogens (tertiary/aromatic N) is 2. The fourth-order valence-electron chi connectivity index (χ4n) is 4.84. The molecule has 1 aliphatic heterocycles. The van der Waals surface area contributed by atoms with E-state index in [1.54, 1.807) is 13.2 Å². The first-order valence-corrected chi connectivity index (χ1v) is 15.8. The van der Waals surface area contributed by atoms with Crippen LogP contribution in [0, 0.1) is 22.0 Å². The molecule has 1 fully saturated rings. The van der Waals surface area contributed by atoms with E-state index >= 15 is 0 Å². The minimum atomic E-state index is -4.36. The number of carbonyl (C=O) groups excluding carboxylic acids is 1. The van der Waals surface area contributed by atoms with Gasteiger partial charge in [0.15, 0.2) is 4.90 Å². The van der Waals surface area contributed by atoms with Crippen LogP contribution in [0.1, 0.15) is 46.1 Å². The number of nitro groups is 1. The van der Waals surface area contributed by atoms with E-state index in [1.165, 1.54) is 18.2 Å². The van der Waals surface area contributed by atoms with Crippen molar-refractivity contribution in [3.63, 3.8) is 0 Å². The second-order valence-corrected chi connectivity index (χ2v) is 13.1. The highest BCUT2D eigenvalue weighted by molar-refractivity contribution is 7.89. The van der Waals surface area contributed by atoms with Gasteiger partial charge < -0.3 is 14.2 Å². The zero-order chi connectivity index (χ0) is 31.0. The molecule has 42 heavy (non-hydrogen) atoms. The smallest absolute Gasteiger partial charge is 0.309 e. The molecule has 13 heteroatoms. The molecule has 0 bridgehead atoms. The molecule has 3 atom stereocenters. The Morgan fingerprint density at radius 1 is 1.17 bits per heavy atom. The summed E-state index contributed by atoms with van der Waals surface area (Å²) >= 11 is 6.35. The Hall–Kier alpha value is -2.77. The topological polar surface area (TPSA) is 137 Å². The summed E-state index contributed by atoms with van der Waals surface area (Å²) in [6.45, 7) is 9.36. The summed E-state index contributed by atoms with van der Waals surface area (Å²) in [6, 6.07) is 9.73. The van der Waals surface area contributed by atoms with Gasteiger partial charge in [0.25, 0.3) is 5.69 Å². The lowest BCUT2D eigenvalue weighted by Crippen LogP contribution is -2.51. The molecule has 3 rings (SSSR count). The summed E-state index contributed by atoms with van der Waals surface area (Å²) < 4.78 is 46.4. The SMILES string of the molecule is COCCCOc1cc(CN(C[C@H](NS(=O)(=O)c2ccccc2[N+](=O)[O-])[C@@H]2C[C@@H](C(C)C)C(=O)O2)C(C)C)ccc1Cl. The van der Waals surface area contributed by atoms with Crippen molar-refractivity contribution in [2.24, 2.45) is 11.8 Å². The molecule has 0 aromatic heterocycles. The molecule has 0 radical (unpaired) electrons. The second kappa shape index (κ2) is 15.1. The van der Waals surface area contributed by atoms with Crippen molar-refractivity contribution in [1.29, 1.82) is 0 Å². The number of cyclic esters (lactones) is 1. The predicted octanol–water partition coefficient (Wildman–Crippen LogP) is 4.81. The lowest BCUT2D eigenvalue weighted by molar-refractivity contribution is -0.387. The van der Waals surface area contributed by atoms with Crippen molar-refractivity contribution < 1.29 is 32.3 Å².